The third-order valence-electron chi connectivity index (χ3n) is 3.60. The van der Waals surface area contributed by atoms with Crippen LogP contribution in [0.3, 0.4) is 0 Å². The Bertz CT molecular complexity index is 577. The second-order valence-corrected chi connectivity index (χ2v) is 5.11. The van der Waals surface area contributed by atoms with Gasteiger partial charge in [0.2, 0.25) is 0 Å². The summed E-state index contributed by atoms with van der Waals surface area (Å²) in [6, 6.07) is 2.06. The number of piperazine rings is 1. The summed E-state index contributed by atoms with van der Waals surface area (Å²) in [6.07, 6.45) is 7.51. The molecule has 0 atom stereocenters. The topological polar surface area (TPSA) is 55.2 Å². The first-order chi connectivity index (χ1) is 10.3. The molecule has 1 saturated heterocycles. The average Bonchev–Trinajstić information content (AvgIpc) is 3.02. The zero-order valence-corrected chi connectivity index (χ0v) is 12.3. The van der Waals surface area contributed by atoms with Gasteiger partial charge in [0.25, 0.3) is 0 Å². The van der Waals surface area contributed by atoms with Crippen LogP contribution in [0.1, 0.15) is 12.5 Å². The minimum absolute atomic E-state index is 0.521. The van der Waals surface area contributed by atoms with E-state index in [0.717, 1.165) is 49.7 Å². The normalized spacial score (nSPS) is 15.2. The van der Waals surface area contributed by atoms with Crippen LogP contribution in [0.5, 0.6) is 5.75 Å². The van der Waals surface area contributed by atoms with E-state index < -0.39 is 0 Å². The molecule has 0 unspecified atom stereocenters. The summed E-state index contributed by atoms with van der Waals surface area (Å²) in [5, 5.41) is 7.59. The molecular formula is C15H21N5O. The smallest absolute Gasteiger partial charge is 0.140 e. The molecule has 6 nitrogen and oxygen atoms in total. The number of hydrogen-bond donors (Lipinski definition) is 1. The van der Waals surface area contributed by atoms with Crippen LogP contribution < -0.4 is 15.0 Å². The summed E-state index contributed by atoms with van der Waals surface area (Å²) in [5.74, 6) is 0.801. The van der Waals surface area contributed by atoms with Crippen molar-refractivity contribution in [2.45, 2.75) is 20.1 Å². The summed E-state index contributed by atoms with van der Waals surface area (Å²) in [5.41, 5.74) is 2.20. The standard InChI is InChI=1S/C15H21N5O/c1-2-20-11-13(8-18-20)12-21-15-7-14(9-17-10-15)19-5-3-16-4-6-19/h7-11,16H,2-6,12H2,1H3. The molecule has 1 N–H and O–H groups in total. The second-order valence-electron chi connectivity index (χ2n) is 5.11. The van der Waals surface area contributed by atoms with Crippen LogP contribution >= 0.6 is 0 Å². The number of pyridine rings is 1. The van der Waals surface area contributed by atoms with E-state index in [4.69, 9.17) is 4.74 Å². The number of aromatic nitrogens is 3. The number of hydrogen-bond acceptors (Lipinski definition) is 5. The highest BCUT2D eigenvalue weighted by atomic mass is 16.5. The predicted molar refractivity (Wildman–Crippen MR) is 81.6 cm³/mol. The number of aryl methyl sites for hydroxylation is 1. The molecule has 112 valence electrons. The minimum Gasteiger partial charge on any atom is -0.487 e. The van der Waals surface area contributed by atoms with Crippen molar-refractivity contribution in [1.29, 1.82) is 0 Å². The van der Waals surface area contributed by atoms with Crippen molar-refractivity contribution in [3.63, 3.8) is 0 Å². The number of nitrogens with zero attached hydrogens (tertiary/aromatic N) is 4. The molecule has 0 bridgehead atoms. The monoisotopic (exact) mass is 287 g/mol. The fourth-order valence-electron chi connectivity index (χ4n) is 2.40. The van der Waals surface area contributed by atoms with Gasteiger partial charge in [0, 0.05) is 50.6 Å². The average molecular weight is 287 g/mol. The number of nitrogens with one attached hydrogen (secondary N) is 1. The molecule has 0 spiro atoms. The molecule has 0 aromatic carbocycles. The molecule has 1 aliphatic heterocycles. The maximum absolute atomic E-state index is 5.82. The summed E-state index contributed by atoms with van der Waals surface area (Å²) in [6.45, 7) is 7.51. The van der Waals surface area contributed by atoms with Crippen LogP contribution in [-0.2, 0) is 13.2 Å². The van der Waals surface area contributed by atoms with Gasteiger partial charge < -0.3 is 15.0 Å². The summed E-state index contributed by atoms with van der Waals surface area (Å²) in [4.78, 5) is 6.61. The first kappa shape index (κ1) is 13.9. The molecule has 0 saturated carbocycles. The predicted octanol–water partition coefficient (Wildman–Crippen LogP) is 1.29. The summed E-state index contributed by atoms with van der Waals surface area (Å²) >= 11 is 0. The maximum atomic E-state index is 5.82. The van der Waals surface area contributed by atoms with Gasteiger partial charge in [0.05, 0.1) is 24.3 Å². The lowest BCUT2D eigenvalue weighted by Crippen LogP contribution is -2.43. The zero-order valence-electron chi connectivity index (χ0n) is 12.3. The van der Waals surface area contributed by atoms with Gasteiger partial charge in [-0.3, -0.25) is 9.67 Å². The van der Waals surface area contributed by atoms with Gasteiger partial charge >= 0.3 is 0 Å². The molecule has 3 heterocycles. The highest BCUT2D eigenvalue weighted by molar-refractivity contribution is 5.48. The van der Waals surface area contributed by atoms with Crippen LogP contribution in [-0.4, -0.2) is 40.9 Å². The van der Waals surface area contributed by atoms with Crippen LogP contribution in [0, 0.1) is 0 Å². The number of ether oxygens (including phenoxy) is 1. The Kier molecular flexibility index (Phi) is 4.35. The molecular weight excluding hydrogens is 266 g/mol. The molecule has 6 heteroatoms. The Morgan fingerprint density at radius 1 is 1.24 bits per heavy atom. The molecule has 1 fully saturated rings. The van der Waals surface area contributed by atoms with E-state index in [1.165, 1.54) is 0 Å². The largest absolute Gasteiger partial charge is 0.487 e. The van der Waals surface area contributed by atoms with Crippen LogP contribution in [0.2, 0.25) is 0 Å². The van der Waals surface area contributed by atoms with Crippen molar-refractivity contribution in [2.75, 3.05) is 31.1 Å². The molecule has 21 heavy (non-hydrogen) atoms. The highest BCUT2D eigenvalue weighted by Crippen LogP contribution is 2.20. The number of rotatable bonds is 5. The molecule has 3 rings (SSSR count). The Morgan fingerprint density at radius 2 is 2.10 bits per heavy atom. The second kappa shape index (κ2) is 6.58. The summed E-state index contributed by atoms with van der Waals surface area (Å²) in [7, 11) is 0. The van der Waals surface area contributed by atoms with Gasteiger partial charge in [0.15, 0.2) is 0 Å². The molecule has 1 aliphatic rings. The van der Waals surface area contributed by atoms with E-state index >= 15 is 0 Å². The van der Waals surface area contributed by atoms with Crippen molar-refractivity contribution in [2.24, 2.45) is 0 Å². The Balaban J connectivity index is 1.62. The first-order valence-electron chi connectivity index (χ1n) is 7.40. The number of anilines is 1. The van der Waals surface area contributed by atoms with Crippen LogP contribution in [0.15, 0.2) is 30.9 Å². The van der Waals surface area contributed by atoms with Crippen molar-refractivity contribution < 1.29 is 4.74 Å². The van der Waals surface area contributed by atoms with Crippen LogP contribution in [0.4, 0.5) is 5.69 Å². The Hall–Kier alpha value is -2.08. The third-order valence-corrected chi connectivity index (χ3v) is 3.60. The van der Waals surface area contributed by atoms with Crippen molar-refractivity contribution >= 4 is 5.69 Å². The molecule has 0 amide bonds. The Morgan fingerprint density at radius 3 is 2.86 bits per heavy atom. The van der Waals surface area contributed by atoms with E-state index in [0.29, 0.717) is 6.61 Å². The van der Waals surface area contributed by atoms with Gasteiger partial charge in [-0.15, -0.1) is 0 Å². The Labute approximate surface area is 124 Å². The fraction of sp³-hybridized carbons (Fsp3) is 0.467. The maximum Gasteiger partial charge on any atom is 0.140 e. The van der Waals surface area contributed by atoms with Gasteiger partial charge in [-0.25, -0.2) is 0 Å². The van der Waals surface area contributed by atoms with Crippen molar-refractivity contribution in [3.05, 3.63) is 36.4 Å². The minimum atomic E-state index is 0.521. The van der Waals surface area contributed by atoms with Gasteiger partial charge in [0.1, 0.15) is 12.4 Å². The van der Waals surface area contributed by atoms with Crippen molar-refractivity contribution in [3.8, 4) is 5.75 Å². The zero-order chi connectivity index (χ0) is 14.5. The van der Waals surface area contributed by atoms with Gasteiger partial charge in [-0.2, -0.15) is 5.10 Å². The highest BCUT2D eigenvalue weighted by Gasteiger charge is 2.11. The van der Waals surface area contributed by atoms with E-state index in [-0.39, 0.29) is 0 Å². The van der Waals surface area contributed by atoms with E-state index in [1.807, 2.05) is 23.3 Å². The van der Waals surface area contributed by atoms with Gasteiger partial charge in [-0.05, 0) is 6.92 Å². The summed E-state index contributed by atoms with van der Waals surface area (Å²) < 4.78 is 7.72. The fourth-order valence-corrected chi connectivity index (χ4v) is 2.40. The molecule has 0 aliphatic carbocycles. The lowest BCUT2D eigenvalue weighted by Gasteiger charge is -2.29. The lowest BCUT2D eigenvalue weighted by molar-refractivity contribution is 0.305. The van der Waals surface area contributed by atoms with E-state index in [9.17, 15) is 0 Å². The lowest BCUT2D eigenvalue weighted by atomic mass is 10.3. The van der Waals surface area contributed by atoms with Gasteiger partial charge in [-0.1, -0.05) is 0 Å². The van der Waals surface area contributed by atoms with Crippen molar-refractivity contribution in [1.82, 2.24) is 20.1 Å². The SMILES string of the molecule is CCn1cc(COc2cncc(N3CCNCC3)c2)cn1. The van der Waals surface area contributed by atoms with Crippen LogP contribution in [0.25, 0.3) is 0 Å². The first-order valence-corrected chi connectivity index (χ1v) is 7.40. The van der Waals surface area contributed by atoms with E-state index in [1.54, 1.807) is 6.20 Å². The van der Waals surface area contributed by atoms with E-state index in [2.05, 4.69) is 33.3 Å². The molecule has 0 radical (unpaired) electrons. The molecule has 2 aromatic heterocycles. The third kappa shape index (κ3) is 3.52. The quantitative estimate of drug-likeness (QED) is 0.898. The molecule has 2 aromatic rings.